The molecule has 1 saturated heterocycles. The van der Waals surface area contributed by atoms with Crippen molar-refractivity contribution in [1.82, 2.24) is 4.90 Å². The molecule has 3 rings (SSSR count). The summed E-state index contributed by atoms with van der Waals surface area (Å²) in [5, 5.41) is 8.14. The Balaban J connectivity index is 1.48. The third kappa shape index (κ3) is 5.29. The summed E-state index contributed by atoms with van der Waals surface area (Å²) in [4.78, 5) is 26.1. The van der Waals surface area contributed by atoms with E-state index < -0.39 is 6.03 Å². The quantitative estimate of drug-likeness (QED) is 0.768. The van der Waals surface area contributed by atoms with Crippen molar-refractivity contribution >= 4 is 29.0 Å². The summed E-state index contributed by atoms with van der Waals surface area (Å²) < 4.78 is 12.9. The van der Waals surface area contributed by atoms with E-state index in [1.54, 1.807) is 24.3 Å². The van der Waals surface area contributed by atoms with Gasteiger partial charge in [0.1, 0.15) is 5.82 Å². The molecule has 136 valence electrons. The highest BCUT2D eigenvalue weighted by Gasteiger charge is 2.15. The van der Waals surface area contributed by atoms with Crippen molar-refractivity contribution in [2.24, 2.45) is 0 Å². The van der Waals surface area contributed by atoms with Crippen LogP contribution in [0.15, 0.2) is 48.5 Å². The molecule has 1 aliphatic rings. The van der Waals surface area contributed by atoms with Crippen LogP contribution in [0.5, 0.6) is 0 Å². The molecule has 1 fully saturated rings. The second-order valence-corrected chi connectivity index (χ2v) is 6.19. The number of hydrogen-bond donors (Lipinski definition) is 3. The van der Waals surface area contributed by atoms with Gasteiger partial charge in [0, 0.05) is 17.1 Å². The number of anilines is 3. The van der Waals surface area contributed by atoms with Gasteiger partial charge in [-0.15, -0.1) is 0 Å². The van der Waals surface area contributed by atoms with Crippen LogP contribution in [0, 0.1) is 5.82 Å². The Kier molecular flexibility index (Phi) is 5.80. The Morgan fingerprint density at radius 2 is 1.27 bits per heavy atom. The largest absolute Gasteiger partial charge is 0.325 e. The number of likely N-dealkylation sites (tertiary alicyclic amines) is 1. The van der Waals surface area contributed by atoms with Gasteiger partial charge in [-0.2, -0.15) is 0 Å². The zero-order chi connectivity index (χ0) is 18.4. The topological polar surface area (TPSA) is 73.5 Å². The standard InChI is InChI=1S/C19H21FN4O2/c20-14-3-5-16(6-4-14)22-19(26)23-17-9-7-15(8-10-17)21-18(25)13-24-11-1-2-12-24/h3-10H,1-2,11-13H2,(H,21,25)(H2,22,23,26). The number of benzene rings is 2. The van der Waals surface area contributed by atoms with Crippen molar-refractivity contribution in [3.63, 3.8) is 0 Å². The Labute approximate surface area is 151 Å². The predicted octanol–water partition coefficient (Wildman–Crippen LogP) is 3.50. The highest BCUT2D eigenvalue weighted by atomic mass is 19.1. The Morgan fingerprint density at radius 3 is 1.81 bits per heavy atom. The fourth-order valence-electron chi connectivity index (χ4n) is 2.81. The molecule has 6 nitrogen and oxygen atoms in total. The molecule has 3 N–H and O–H groups in total. The molecular weight excluding hydrogens is 335 g/mol. The summed E-state index contributed by atoms with van der Waals surface area (Å²) in [5.41, 5.74) is 1.76. The van der Waals surface area contributed by atoms with Gasteiger partial charge in [0.25, 0.3) is 0 Å². The number of nitrogens with one attached hydrogen (secondary N) is 3. The molecular formula is C19H21FN4O2. The molecule has 0 atom stereocenters. The Morgan fingerprint density at radius 1 is 0.808 bits per heavy atom. The molecule has 0 bridgehead atoms. The van der Waals surface area contributed by atoms with E-state index in [9.17, 15) is 14.0 Å². The number of nitrogens with zero attached hydrogens (tertiary/aromatic N) is 1. The zero-order valence-electron chi connectivity index (χ0n) is 14.3. The van der Waals surface area contributed by atoms with Crippen molar-refractivity contribution in [1.29, 1.82) is 0 Å². The van der Waals surface area contributed by atoms with Crippen LogP contribution in [0.3, 0.4) is 0 Å². The average Bonchev–Trinajstić information content (AvgIpc) is 3.11. The first-order valence-electron chi connectivity index (χ1n) is 8.54. The van der Waals surface area contributed by atoms with E-state index in [1.807, 2.05) is 0 Å². The molecule has 1 aliphatic heterocycles. The molecule has 7 heteroatoms. The van der Waals surface area contributed by atoms with Crippen molar-refractivity contribution in [2.45, 2.75) is 12.8 Å². The van der Waals surface area contributed by atoms with Gasteiger partial charge in [0.05, 0.1) is 6.54 Å². The SMILES string of the molecule is O=C(CN1CCCC1)Nc1ccc(NC(=O)Nc2ccc(F)cc2)cc1. The van der Waals surface area contributed by atoms with Gasteiger partial charge in [-0.05, 0) is 74.5 Å². The summed E-state index contributed by atoms with van der Waals surface area (Å²) in [6.45, 7) is 2.35. The maximum atomic E-state index is 12.9. The first-order chi connectivity index (χ1) is 12.6. The van der Waals surface area contributed by atoms with Gasteiger partial charge in [0.2, 0.25) is 5.91 Å². The third-order valence-electron chi connectivity index (χ3n) is 4.09. The molecule has 26 heavy (non-hydrogen) atoms. The van der Waals surface area contributed by atoms with Gasteiger partial charge in [0.15, 0.2) is 0 Å². The Hall–Kier alpha value is -2.93. The molecule has 0 aromatic heterocycles. The molecule has 2 aromatic carbocycles. The third-order valence-corrected chi connectivity index (χ3v) is 4.09. The first kappa shape index (κ1) is 17.9. The van der Waals surface area contributed by atoms with E-state index in [0.717, 1.165) is 25.9 Å². The maximum absolute atomic E-state index is 12.9. The van der Waals surface area contributed by atoms with E-state index >= 15 is 0 Å². The lowest BCUT2D eigenvalue weighted by molar-refractivity contribution is -0.117. The lowest BCUT2D eigenvalue weighted by Gasteiger charge is -2.14. The lowest BCUT2D eigenvalue weighted by Crippen LogP contribution is -2.30. The molecule has 0 spiro atoms. The minimum atomic E-state index is -0.428. The fourth-order valence-corrected chi connectivity index (χ4v) is 2.81. The van der Waals surface area contributed by atoms with Crippen molar-refractivity contribution in [3.8, 4) is 0 Å². The van der Waals surface area contributed by atoms with Gasteiger partial charge in [-0.1, -0.05) is 0 Å². The van der Waals surface area contributed by atoms with E-state index in [2.05, 4.69) is 20.9 Å². The number of carbonyl (C=O) groups is 2. The summed E-state index contributed by atoms with van der Waals surface area (Å²) >= 11 is 0. The normalized spacial score (nSPS) is 14.0. The van der Waals surface area contributed by atoms with Crippen molar-refractivity contribution in [3.05, 3.63) is 54.3 Å². The zero-order valence-corrected chi connectivity index (χ0v) is 14.3. The molecule has 2 aromatic rings. The number of rotatable bonds is 5. The molecule has 0 unspecified atom stereocenters. The van der Waals surface area contributed by atoms with Crippen molar-refractivity contribution < 1.29 is 14.0 Å². The second-order valence-electron chi connectivity index (χ2n) is 6.19. The summed E-state index contributed by atoms with van der Waals surface area (Å²) in [6, 6.07) is 11.9. The van der Waals surface area contributed by atoms with Crippen LogP contribution in [0.4, 0.5) is 26.2 Å². The van der Waals surface area contributed by atoms with E-state index in [-0.39, 0.29) is 11.7 Å². The smallest absolute Gasteiger partial charge is 0.323 e. The molecule has 1 heterocycles. The Bertz CT molecular complexity index is 756. The number of amides is 3. The van der Waals surface area contributed by atoms with Gasteiger partial charge >= 0.3 is 6.03 Å². The summed E-state index contributed by atoms with van der Waals surface area (Å²) in [6.07, 6.45) is 2.29. The maximum Gasteiger partial charge on any atom is 0.323 e. The van der Waals surface area contributed by atoms with Crippen LogP contribution in [0.25, 0.3) is 0 Å². The minimum absolute atomic E-state index is 0.0401. The van der Waals surface area contributed by atoms with Crippen LogP contribution >= 0.6 is 0 Å². The average molecular weight is 356 g/mol. The lowest BCUT2D eigenvalue weighted by atomic mass is 10.2. The highest BCUT2D eigenvalue weighted by molar-refractivity contribution is 6.00. The van der Waals surface area contributed by atoms with Crippen LogP contribution in [0.1, 0.15) is 12.8 Å². The molecule has 0 saturated carbocycles. The molecule has 3 amide bonds. The van der Waals surface area contributed by atoms with Crippen LogP contribution in [-0.2, 0) is 4.79 Å². The number of halogens is 1. The van der Waals surface area contributed by atoms with E-state index in [0.29, 0.717) is 23.6 Å². The van der Waals surface area contributed by atoms with Crippen LogP contribution in [-0.4, -0.2) is 36.5 Å². The fraction of sp³-hybridized carbons (Fsp3) is 0.263. The first-order valence-corrected chi connectivity index (χ1v) is 8.54. The van der Waals surface area contributed by atoms with Crippen LogP contribution in [0.2, 0.25) is 0 Å². The number of hydrogen-bond acceptors (Lipinski definition) is 3. The molecule has 0 radical (unpaired) electrons. The predicted molar refractivity (Wildman–Crippen MR) is 99.8 cm³/mol. The van der Waals surface area contributed by atoms with Gasteiger partial charge in [-0.25, -0.2) is 9.18 Å². The molecule has 0 aliphatic carbocycles. The summed E-state index contributed by atoms with van der Waals surface area (Å²) in [7, 11) is 0. The second kappa shape index (κ2) is 8.44. The van der Waals surface area contributed by atoms with E-state index in [1.165, 1.54) is 24.3 Å². The highest BCUT2D eigenvalue weighted by Crippen LogP contribution is 2.15. The van der Waals surface area contributed by atoms with Gasteiger partial charge in [-0.3, -0.25) is 9.69 Å². The number of carbonyl (C=O) groups excluding carboxylic acids is 2. The van der Waals surface area contributed by atoms with Crippen LogP contribution < -0.4 is 16.0 Å². The van der Waals surface area contributed by atoms with Crippen molar-refractivity contribution in [2.75, 3.05) is 35.6 Å². The van der Waals surface area contributed by atoms with E-state index in [4.69, 9.17) is 0 Å². The monoisotopic (exact) mass is 356 g/mol. The van der Waals surface area contributed by atoms with Gasteiger partial charge < -0.3 is 16.0 Å². The number of urea groups is 1. The minimum Gasteiger partial charge on any atom is -0.325 e. The summed E-state index contributed by atoms with van der Waals surface area (Å²) in [5.74, 6) is -0.403.